The van der Waals surface area contributed by atoms with Crippen molar-refractivity contribution in [1.82, 2.24) is 64.5 Å². The van der Waals surface area contributed by atoms with E-state index < -0.39 is 0 Å². The molecule has 1 aromatic carbocycles. The number of amides is 5. The van der Waals surface area contributed by atoms with Crippen LogP contribution in [0.15, 0.2) is 123 Å². The molecule has 780 valence electrons. The van der Waals surface area contributed by atoms with E-state index >= 15 is 0 Å². The van der Waals surface area contributed by atoms with E-state index in [-0.39, 0.29) is 41.4 Å². The number of anilines is 2. The smallest absolute Gasteiger partial charge is 0.255 e. The Morgan fingerprint density at radius 1 is 0.360 bits per heavy atom. The number of hydrogen-bond donors (Lipinski definition) is 1. The van der Waals surface area contributed by atoms with Crippen LogP contribution in [0.25, 0.3) is 0 Å². The van der Waals surface area contributed by atoms with E-state index in [0.29, 0.717) is 84.7 Å². The van der Waals surface area contributed by atoms with E-state index in [1.807, 2.05) is 98.5 Å². The van der Waals surface area contributed by atoms with Crippen LogP contribution in [0.1, 0.15) is 342 Å². The summed E-state index contributed by atoms with van der Waals surface area (Å²) in [6.07, 6.45) is 36.2. The Bertz CT molecular complexity index is 4250. The summed E-state index contributed by atoms with van der Waals surface area (Å²) in [7, 11) is 3.90. The van der Waals surface area contributed by atoms with Crippen molar-refractivity contribution in [2.45, 2.75) is 322 Å². The molecule has 0 aliphatic carbocycles. The molecule has 4 aromatic heterocycles. The standard InChI is InChI=1S/C16H25N.2C15H22N2O.C14H22N2.C13H21N3.C13H26N2O.C12H20N2O.C11H21NO.C9H19N/c1-16(2,3)15-9-11-17(12-10-15)13-14-7-5-4-6-8-14;1-15(2,3)13-7-5-9-17(11-13)14(18)12-6-4-8-16-10-12;1-15(2,3)13-6-9-17(10-7-13)14(18)12-5-4-8-16-11-12;1-14(2,3)12-5-4-10-16(11-12)13-6-8-15-9-7-13;1-13(2,3)11-5-4-8-16(9-11)12-6-7-14-10-15-12;1-13(2,3)11-7-6-8-15(9-11)12(16)10-14(4)5;1-12(2,3)10-5-8-14(9-6-10)11(15)4-7-13;1-9(13)12-7-5-6-10(8-12)11(2,3)4;1-9(2,3)8-4-6-10-7-5-8/h4-8,15H,9-13H2,1-3H3;4,6,8,10,13H,5,7,9,11H2,1-3H3;4-5,8,11,13H,6-7,9-10H2,1-3H3;6-9,12H,4-5,10-11H2,1-3H3;6-7,10-11H,4-5,8-9H2,1-3H3;11H,6-10H2,1-5H3;10H,4-6,8-9H2,1-3H3;10H,5-8H2,1-4H3;8,10H,4-7H2,1-3H3. The third kappa shape index (κ3) is 43.7. The minimum Gasteiger partial charge on any atom is -0.371 e. The van der Waals surface area contributed by atoms with Crippen molar-refractivity contribution in [1.29, 1.82) is 5.26 Å². The summed E-state index contributed by atoms with van der Waals surface area (Å²) in [5.41, 5.74) is 7.62. The van der Waals surface area contributed by atoms with Gasteiger partial charge in [-0.3, -0.25) is 43.8 Å². The average Bonchev–Trinajstić information content (AvgIpc) is 0.837. The highest BCUT2D eigenvalue weighted by molar-refractivity contribution is 5.94. The quantitative estimate of drug-likeness (QED) is 0.145. The molecule has 14 rings (SSSR count). The van der Waals surface area contributed by atoms with Crippen molar-refractivity contribution in [3.63, 3.8) is 0 Å². The number of aromatic nitrogens is 5. The van der Waals surface area contributed by atoms with Gasteiger partial charge in [-0.25, -0.2) is 9.97 Å². The Labute approximate surface area is 847 Å². The van der Waals surface area contributed by atoms with Gasteiger partial charge in [0.25, 0.3) is 11.8 Å². The first-order chi connectivity index (χ1) is 64.9. The zero-order valence-electron chi connectivity index (χ0n) is 93.6. The molecule has 0 radical (unpaired) electrons. The predicted octanol–water partition coefficient (Wildman–Crippen LogP) is 24.3. The molecular formula is C118H198N16O5. The number of benzene rings is 1. The number of likely N-dealkylation sites (N-methyl/N-ethyl adjacent to an activating group) is 1. The molecule has 0 spiro atoms. The molecule has 9 fully saturated rings. The van der Waals surface area contributed by atoms with Crippen LogP contribution in [-0.4, -0.2) is 227 Å². The van der Waals surface area contributed by atoms with Gasteiger partial charge in [0.1, 0.15) is 18.6 Å². The molecule has 21 heteroatoms. The summed E-state index contributed by atoms with van der Waals surface area (Å²) in [6, 6.07) is 26.3. The van der Waals surface area contributed by atoms with Gasteiger partial charge in [0.05, 0.1) is 23.7 Å². The van der Waals surface area contributed by atoms with Crippen LogP contribution < -0.4 is 15.1 Å². The number of carbonyl (C=O) groups is 5. The summed E-state index contributed by atoms with van der Waals surface area (Å²) >= 11 is 0. The predicted molar refractivity (Wildman–Crippen MR) is 579 cm³/mol. The average molecular weight is 1920 g/mol. The van der Waals surface area contributed by atoms with Crippen molar-refractivity contribution < 1.29 is 24.0 Å². The Morgan fingerprint density at radius 2 is 0.727 bits per heavy atom. The summed E-state index contributed by atoms with van der Waals surface area (Å²) < 4.78 is 0. The van der Waals surface area contributed by atoms with E-state index in [4.69, 9.17) is 5.26 Å². The number of hydrogen-bond acceptors (Lipinski definition) is 16. The Kier molecular flexibility index (Phi) is 48.6. The number of nitrogens with one attached hydrogen (secondary N) is 1. The monoisotopic (exact) mass is 1920 g/mol. The number of nitriles is 1. The van der Waals surface area contributed by atoms with Gasteiger partial charge in [0, 0.05) is 154 Å². The number of nitrogens with zero attached hydrogens (tertiary/aromatic N) is 15. The largest absolute Gasteiger partial charge is 0.371 e. The van der Waals surface area contributed by atoms with Gasteiger partial charge in [-0.2, -0.15) is 5.26 Å². The van der Waals surface area contributed by atoms with Crippen LogP contribution in [0.2, 0.25) is 0 Å². The molecule has 5 aromatic rings. The lowest BCUT2D eigenvalue weighted by Crippen LogP contribution is -2.46. The van der Waals surface area contributed by atoms with Crippen LogP contribution in [0.3, 0.4) is 0 Å². The topological polar surface area (TPSA) is 215 Å². The lowest BCUT2D eigenvalue weighted by atomic mass is 9.75. The second-order valence-electron chi connectivity index (χ2n) is 51.5. The lowest BCUT2D eigenvalue weighted by molar-refractivity contribution is -0.134. The van der Waals surface area contributed by atoms with E-state index in [2.05, 4.69) is 274 Å². The molecular weight excluding hydrogens is 1720 g/mol. The van der Waals surface area contributed by atoms with E-state index in [1.165, 1.54) is 128 Å². The molecule has 21 nitrogen and oxygen atoms in total. The normalized spacial score (nSPS) is 21.1. The third-order valence-electron chi connectivity index (χ3n) is 31.4. The Morgan fingerprint density at radius 3 is 1.12 bits per heavy atom. The lowest BCUT2D eigenvalue weighted by Gasteiger charge is -2.40. The maximum absolute atomic E-state index is 12.4. The molecule has 0 saturated carbocycles. The van der Waals surface area contributed by atoms with Gasteiger partial charge < -0.3 is 44.5 Å². The zero-order valence-corrected chi connectivity index (χ0v) is 93.6. The molecule has 9 saturated heterocycles. The molecule has 9 aliphatic heterocycles. The number of rotatable bonds is 9. The molecule has 0 bridgehead atoms. The van der Waals surface area contributed by atoms with Gasteiger partial charge in [-0.05, 0) is 306 Å². The fourth-order valence-electron chi connectivity index (χ4n) is 20.9. The fraction of sp³-hybridized carbons (Fsp3) is 0.737. The first kappa shape index (κ1) is 120. The van der Waals surface area contributed by atoms with Crippen molar-refractivity contribution in [2.24, 2.45) is 102 Å². The van der Waals surface area contributed by atoms with E-state index in [0.717, 1.165) is 159 Å². The molecule has 1 N–H and O–H groups in total. The highest BCUT2D eigenvalue weighted by Gasteiger charge is 2.39. The first-order valence-corrected chi connectivity index (χ1v) is 53.8. The Hall–Kier alpha value is -7.93. The zero-order chi connectivity index (χ0) is 103. The van der Waals surface area contributed by atoms with Crippen LogP contribution in [0.5, 0.6) is 0 Å². The summed E-state index contributed by atoms with van der Waals surface area (Å²) in [5.74, 6) is 8.53. The molecule has 5 atom stereocenters. The van der Waals surface area contributed by atoms with Crippen LogP contribution in [0.4, 0.5) is 11.5 Å². The fourth-order valence-corrected chi connectivity index (χ4v) is 20.9. The van der Waals surface area contributed by atoms with Gasteiger partial charge in [-0.1, -0.05) is 217 Å². The number of piperidine rings is 9. The van der Waals surface area contributed by atoms with E-state index in [9.17, 15) is 24.0 Å². The molecule has 9 aliphatic rings. The highest BCUT2D eigenvalue weighted by atomic mass is 16.2. The molecule has 139 heavy (non-hydrogen) atoms. The third-order valence-corrected chi connectivity index (χ3v) is 31.4. The molecule has 13 heterocycles. The first-order valence-electron chi connectivity index (χ1n) is 53.8. The van der Waals surface area contributed by atoms with Crippen molar-refractivity contribution >= 4 is 41.0 Å². The maximum Gasteiger partial charge on any atom is 0.255 e. The van der Waals surface area contributed by atoms with Crippen molar-refractivity contribution in [3.05, 3.63) is 139 Å². The summed E-state index contributed by atoms with van der Waals surface area (Å²) in [5, 5.41) is 11.8. The highest BCUT2D eigenvalue weighted by Crippen LogP contribution is 2.42. The van der Waals surface area contributed by atoms with Gasteiger partial charge >= 0.3 is 0 Å². The van der Waals surface area contributed by atoms with Crippen molar-refractivity contribution in [3.8, 4) is 6.07 Å². The second kappa shape index (κ2) is 56.4. The van der Waals surface area contributed by atoms with Crippen LogP contribution in [0, 0.1) is 113 Å². The Balaban J connectivity index is 0.000000241. The minimum atomic E-state index is -0.00939. The number of carbonyl (C=O) groups excluding carboxylic acids is 5. The van der Waals surface area contributed by atoms with Gasteiger partial charge in [0.2, 0.25) is 17.7 Å². The van der Waals surface area contributed by atoms with E-state index in [1.54, 1.807) is 38.0 Å². The number of likely N-dealkylation sites (tertiary alicyclic amines) is 6. The van der Waals surface area contributed by atoms with Crippen LogP contribution >= 0.6 is 0 Å². The summed E-state index contributed by atoms with van der Waals surface area (Å²) in [6.45, 7) is 84.2. The van der Waals surface area contributed by atoms with Crippen LogP contribution in [-0.2, 0) is 20.9 Å². The summed E-state index contributed by atoms with van der Waals surface area (Å²) in [4.78, 5) is 98.9. The van der Waals surface area contributed by atoms with Gasteiger partial charge in [0.15, 0.2) is 0 Å². The minimum absolute atomic E-state index is 0.00939. The maximum atomic E-state index is 12.4. The number of pyridine rings is 3. The van der Waals surface area contributed by atoms with Gasteiger partial charge in [-0.15, -0.1) is 0 Å². The second-order valence-corrected chi connectivity index (χ2v) is 51.5. The SMILES string of the molecule is CC(=O)N1CCCC(C(C)(C)C)C1.CC(C)(C)C1CCCN(C(=O)c2cccnc2)C1.CC(C)(C)C1CCCN(c2ccncc2)C1.CC(C)(C)C1CCCN(c2ccncn2)C1.CC(C)(C)C1CCN(C(=O)CC#N)CC1.CC(C)(C)C1CCN(C(=O)c2cccnc2)CC1.CC(C)(C)C1CCN(Cc2ccccc2)CC1.CC(C)(C)C1CCNCC1.CN(C)CC(=O)N1CCCC(C(C)(C)C)C1. The van der Waals surface area contributed by atoms with Crippen molar-refractivity contribution in [2.75, 3.05) is 148 Å². The molecule has 5 amide bonds. The molecule has 5 unspecified atom stereocenters.